The maximum Gasteiger partial charge on any atom is 0.307 e. The van der Waals surface area contributed by atoms with Crippen molar-refractivity contribution < 1.29 is 9.53 Å². The first-order valence-corrected chi connectivity index (χ1v) is 7.61. The summed E-state index contributed by atoms with van der Waals surface area (Å²) in [4.78, 5) is 14.1. The Kier molecular flexibility index (Phi) is 5.77. The highest BCUT2D eigenvalue weighted by Crippen LogP contribution is 2.22. The average Bonchev–Trinajstić information content (AvgIpc) is 2.50. The fourth-order valence-corrected chi connectivity index (χ4v) is 2.89. The van der Waals surface area contributed by atoms with Gasteiger partial charge in [-0.2, -0.15) is 5.26 Å². The van der Waals surface area contributed by atoms with E-state index in [9.17, 15) is 4.79 Å². The van der Waals surface area contributed by atoms with Gasteiger partial charge in [-0.1, -0.05) is 18.6 Å². The molecule has 0 radical (unpaired) electrons. The number of carbonyl (C=O) groups excluding carboxylic acids is 1. The molecule has 0 amide bonds. The van der Waals surface area contributed by atoms with Crippen LogP contribution in [0.15, 0.2) is 24.3 Å². The molecule has 112 valence electrons. The monoisotopic (exact) mass is 286 g/mol. The third-order valence-electron chi connectivity index (χ3n) is 3.90. The van der Waals surface area contributed by atoms with Gasteiger partial charge in [0.1, 0.15) is 0 Å². The van der Waals surface area contributed by atoms with Crippen LogP contribution in [0.25, 0.3) is 0 Å². The molecule has 2 rings (SSSR count). The first-order valence-electron chi connectivity index (χ1n) is 7.61. The molecule has 0 bridgehead atoms. The molecular formula is C17H22N2O2. The number of carbonyl (C=O) groups is 1. The summed E-state index contributed by atoms with van der Waals surface area (Å²) in [6, 6.07) is 10.1. The predicted octanol–water partition coefficient (Wildman–Crippen LogP) is 2.87. The van der Waals surface area contributed by atoms with Crippen molar-refractivity contribution in [2.24, 2.45) is 0 Å². The van der Waals surface area contributed by atoms with Crippen LogP contribution in [-0.2, 0) is 16.1 Å². The maximum absolute atomic E-state index is 11.7. The average molecular weight is 286 g/mol. The van der Waals surface area contributed by atoms with Crippen LogP contribution >= 0.6 is 0 Å². The summed E-state index contributed by atoms with van der Waals surface area (Å²) >= 11 is 0. The molecule has 1 aliphatic rings. The van der Waals surface area contributed by atoms with E-state index in [1.807, 2.05) is 31.2 Å². The van der Waals surface area contributed by atoms with Crippen LogP contribution in [0.2, 0.25) is 0 Å². The van der Waals surface area contributed by atoms with Crippen molar-refractivity contribution in [2.45, 2.75) is 45.2 Å². The highest BCUT2D eigenvalue weighted by molar-refractivity contribution is 5.70. The number of esters is 1. The second kappa shape index (κ2) is 7.80. The van der Waals surface area contributed by atoms with Gasteiger partial charge in [-0.15, -0.1) is 0 Å². The molecule has 1 fully saturated rings. The molecule has 0 spiro atoms. The molecule has 0 aromatic heterocycles. The van der Waals surface area contributed by atoms with Crippen LogP contribution in [0.5, 0.6) is 0 Å². The normalized spacial score (nSPS) is 19.0. The van der Waals surface area contributed by atoms with Crippen LogP contribution in [-0.4, -0.2) is 30.1 Å². The zero-order chi connectivity index (χ0) is 15.1. The molecule has 4 heteroatoms. The molecule has 1 heterocycles. The summed E-state index contributed by atoms with van der Waals surface area (Å²) in [7, 11) is 0. The van der Waals surface area contributed by atoms with Crippen molar-refractivity contribution in [1.82, 2.24) is 4.90 Å². The number of likely N-dealkylation sites (tertiary alicyclic amines) is 1. The van der Waals surface area contributed by atoms with Crippen molar-refractivity contribution in [3.63, 3.8) is 0 Å². The number of nitrogens with zero attached hydrogens (tertiary/aromatic N) is 2. The van der Waals surface area contributed by atoms with E-state index in [-0.39, 0.29) is 12.0 Å². The lowest BCUT2D eigenvalue weighted by Crippen LogP contribution is -2.40. The first-order chi connectivity index (χ1) is 10.2. The Bertz CT molecular complexity index is 522. The summed E-state index contributed by atoms with van der Waals surface area (Å²) in [5.74, 6) is -0.111. The molecular weight excluding hydrogens is 264 g/mol. The largest absolute Gasteiger partial charge is 0.466 e. The Labute approximate surface area is 126 Å². The summed E-state index contributed by atoms with van der Waals surface area (Å²) in [6.07, 6.45) is 3.83. The lowest BCUT2D eigenvalue weighted by molar-refractivity contribution is -0.145. The molecule has 0 saturated carbocycles. The Morgan fingerprint density at radius 2 is 2.33 bits per heavy atom. The van der Waals surface area contributed by atoms with Crippen LogP contribution in [0.3, 0.4) is 0 Å². The zero-order valence-electron chi connectivity index (χ0n) is 12.5. The van der Waals surface area contributed by atoms with Crippen molar-refractivity contribution in [3.05, 3.63) is 35.4 Å². The minimum atomic E-state index is -0.111. The highest BCUT2D eigenvalue weighted by Gasteiger charge is 2.25. The van der Waals surface area contributed by atoms with Crippen LogP contribution in [0.1, 0.15) is 43.7 Å². The minimum Gasteiger partial charge on any atom is -0.466 e. The number of piperidine rings is 1. The van der Waals surface area contributed by atoms with E-state index in [4.69, 9.17) is 10.00 Å². The van der Waals surface area contributed by atoms with E-state index in [1.165, 1.54) is 6.42 Å². The predicted molar refractivity (Wildman–Crippen MR) is 80.5 cm³/mol. The number of ether oxygens (including phenoxy) is 1. The summed E-state index contributed by atoms with van der Waals surface area (Å²) < 4.78 is 5.07. The van der Waals surface area contributed by atoms with Gasteiger partial charge in [-0.25, -0.2) is 0 Å². The number of hydrogen-bond donors (Lipinski definition) is 0. The standard InChI is InChI=1S/C17H22N2O2/c1-2-21-17(20)11-16-8-3-4-9-19(16)13-15-7-5-6-14(10-15)12-18/h5-7,10,16H,2-4,8-9,11,13H2,1H3/t16-/m1/s1. The summed E-state index contributed by atoms with van der Waals surface area (Å²) in [6.45, 7) is 4.07. The maximum atomic E-state index is 11.7. The van der Waals surface area contributed by atoms with Gasteiger partial charge in [0.25, 0.3) is 0 Å². The van der Waals surface area contributed by atoms with Crippen LogP contribution in [0.4, 0.5) is 0 Å². The number of benzene rings is 1. The Balaban J connectivity index is 2.01. The molecule has 1 aliphatic heterocycles. The van der Waals surface area contributed by atoms with E-state index >= 15 is 0 Å². The van der Waals surface area contributed by atoms with E-state index in [0.717, 1.165) is 31.5 Å². The fourth-order valence-electron chi connectivity index (χ4n) is 2.89. The molecule has 0 unspecified atom stereocenters. The Morgan fingerprint density at radius 3 is 3.10 bits per heavy atom. The van der Waals surface area contributed by atoms with Gasteiger partial charge in [0.2, 0.25) is 0 Å². The molecule has 21 heavy (non-hydrogen) atoms. The van der Waals surface area contributed by atoms with Gasteiger partial charge < -0.3 is 4.74 Å². The topological polar surface area (TPSA) is 53.3 Å². The van der Waals surface area contributed by atoms with Gasteiger partial charge in [0.15, 0.2) is 0 Å². The number of nitriles is 1. The van der Waals surface area contributed by atoms with Gasteiger partial charge in [0, 0.05) is 12.6 Å². The van der Waals surface area contributed by atoms with Crippen LogP contribution in [0, 0.1) is 11.3 Å². The van der Waals surface area contributed by atoms with Crippen LogP contribution < -0.4 is 0 Å². The second-order valence-corrected chi connectivity index (χ2v) is 5.44. The molecule has 0 N–H and O–H groups in total. The molecule has 1 saturated heterocycles. The van der Waals surface area contributed by atoms with Crippen molar-refractivity contribution in [3.8, 4) is 6.07 Å². The summed E-state index contributed by atoms with van der Waals surface area (Å²) in [5, 5.41) is 8.97. The molecule has 1 aromatic carbocycles. The zero-order valence-corrected chi connectivity index (χ0v) is 12.5. The number of rotatable bonds is 5. The Hall–Kier alpha value is -1.86. The SMILES string of the molecule is CCOC(=O)C[C@H]1CCCCN1Cc1cccc(C#N)c1. The van der Waals surface area contributed by atoms with E-state index in [1.54, 1.807) is 0 Å². The minimum absolute atomic E-state index is 0.111. The van der Waals surface area contributed by atoms with E-state index in [0.29, 0.717) is 18.6 Å². The van der Waals surface area contributed by atoms with E-state index < -0.39 is 0 Å². The molecule has 1 aromatic rings. The third-order valence-corrected chi connectivity index (χ3v) is 3.90. The van der Waals surface area contributed by atoms with E-state index in [2.05, 4.69) is 11.0 Å². The quantitative estimate of drug-likeness (QED) is 0.781. The third kappa shape index (κ3) is 4.57. The first kappa shape index (κ1) is 15.5. The lowest BCUT2D eigenvalue weighted by atomic mass is 9.98. The Morgan fingerprint density at radius 1 is 1.48 bits per heavy atom. The van der Waals surface area contributed by atoms with Gasteiger partial charge in [-0.05, 0) is 44.0 Å². The lowest BCUT2D eigenvalue weighted by Gasteiger charge is -2.35. The molecule has 0 aliphatic carbocycles. The van der Waals surface area contributed by atoms with Crippen molar-refractivity contribution in [1.29, 1.82) is 5.26 Å². The van der Waals surface area contributed by atoms with Crippen molar-refractivity contribution >= 4 is 5.97 Å². The van der Waals surface area contributed by atoms with Gasteiger partial charge in [0.05, 0.1) is 24.7 Å². The second-order valence-electron chi connectivity index (χ2n) is 5.44. The smallest absolute Gasteiger partial charge is 0.307 e. The highest BCUT2D eigenvalue weighted by atomic mass is 16.5. The van der Waals surface area contributed by atoms with Gasteiger partial charge in [-0.3, -0.25) is 9.69 Å². The molecule has 4 nitrogen and oxygen atoms in total. The van der Waals surface area contributed by atoms with Crippen molar-refractivity contribution in [2.75, 3.05) is 13.2 Å². The fraction of sp³-hybridized carbons (Fsp3) is 0.529. The number of hydrogen-bond acceptors (Lipinski definition) is 4. The molecule has 1 atom stereocenters. The summed E-state index contributed by atoms with van der Waals surface area (Å²) in [5.41, 5.74) is 1.82. The van der Waals surface area contributed by atoms with Gasteiger partial charge >= 0.3 is 5.97 Å².